The quantitative estimate of drug-likeness (QED) is 0.208. The third-order valence-electron chi connectivity index (χ3n) is 7.21. The van der Waals surface area contributed by atoms with Crippen LogP contribution in [0.1, 0.15) is 43.8 Å². The van der Waals surface area contributed by atoms with Crippen molar-refractivity contribution in [1.29, 1.82) is 0 Å². The molecule has 4 rings (SSSR count). The van der Waals surface area contributed by atoms with Gasteiger partial charge in [-0.15, -0.1) is 0 Å². The van der Waals surface area contributed by atoms with Crippen LogP contribution in [0.25, 0.3) is 11.1 Å². The molecule has 222 valence electrons. The molecule has 0 radical (unpaired) electrons. The van der Waals surface area contributed by atoms with Crippen molar-refractivity contribution < 1.29 is 29.0 Å². The van der Waals surface area contributed by atoms with E-state index in [-0.39, 0.29) is 31.3 Å². The summed E-state index contributed by atoms with van der Waals surface area (Å²) in [6, 6.07) is 27.7. The lowest BCUT2D eigenvalue weighted by atomic mass is 9.94. The van der Waals surface area contributed by atoms with Gasteiger partial charge in [-0.2, -0.15) is 0 Å². The highest BCUT2D eigenvalue weighted by molar-refractivity contribution is 6.06. The fourth-order valence-electron chi connectivity index (χ4n) is 4.93. The number of nitrogens with one attached hydrogen (secondary N) is 1. The van der Waals surface area contributed by atoms with Gasteiger partial charge in [-0.05, 0) is 53.8 Å². The monoisotopic (exact) mass is 580 g/mol. The number of carboxylic acid groups (broad SMARTS) is 1. The van der Waals surface area contributed by atoms with E-state index in [0.29, 0.717) is 46.7 Å². The third-order valence-corrected chi connectivity index (χ3v) is 7.21. The molecule has 0 bridgehead atoms. The van der Waals surface area contributed by atoms with Crippen molar-refractivity contribution >= 4 is 17.8 Å². The lowest BCUT2D eigenvalue weighted by Crippen LogP contribution is -2.35. The van der Waals surface area contributed by atoms with Crippen LogP contribution in [0.5, 0.6) is 11.5 Å². The van der Waals surface area contributed by atoms with Gasteiger partial charge in [0.15, 0.2) is 11.5 Å². The van der Waals surface area contributed by atoms with E-state index in [1.54, 1.807) is 50.6 Å². The number of carboxylic acids is 1. The molecule has 43 heavy (non-hydrogen) atoms. The number of carbonyl (C=O) groups is 3. The molecule has 0 unspecified atom stereocenters. The second-order valence-corrected chi connectivity index (χ2v) is 10.1. The van der Waals surface area contributed by atoms with Crippen LogP contribution >= 0.6 is 0 Å². The summed E-state index contributed by atoms with van der Waals surface area (Å²) in [6.07, 6.45) is 0.215. The predicted octanol–water partition coefficient (Wildman–Crippen LogP) is 5.77. The maximum absolute atomic E-state index is 14.0. The highest BCUT2D eigenvalue weighted by Crippen LogP contribution is 2.32. The summed E-state index contributed by atoms with van der Waals surface area (Å²) in [5.41, 5.74) is 4.97. The highest BCUT2D eigenvalue weighted by Gasteiger charge is 2.23. The normalized spacial score (nSPS) is 10.6. The average molecular weight is 581 g/mol. The number of hydrogen-bond donors (Lipinski definition) is 2. The number of rotatable bonds is 13. The zero-order chi connectivity index (χ0) is 30.8. The maximum atomic E-state index is 14.0. The lowest BCUT2D eigenvalue weighted by Gasteiger charge is -2.24. The van der Waals surface area contributed by atoms with E-state index in [1.165, 1.54) is 4.90 Å². The van der Waals surface area contributed by atoms with Gasteiger partial charge in [0.1, 0.15) is 0 Å². The molecule has 2 N–H and O–H groups in total. The van der Waals surface area contributed by atoms with Crippen LogP contribution in [0.3, 0.4) is 0 Å². The first-order chi connectivity index (χ1) is 20.8. The Labute approximate surface area is 251 Å². The minimum Gasteiger partial charge on any atom is -0.493 e. The van der Waals surface area contributed by atoms with Crippen LogP contribution in [-0.2, 0) is 17.8 Å². The fourth-order valence-corrected chi connectivity index (χ4v) is 4.93. The molecular formula is C35H36N2O6. The van der Waals surface area contributed by atoms with Gasteiger partial charge in [-0.25, -0.2) is 0 Å². The standard InChI is InChI=1S/C35H36N2O6/c1-24-15-17-25(18-16-24)23-36-34(40)29-12-6-4-10-27(29)28-11-5-7-13-30(28)35(41)37(22-20-32(38)39)21-19-26-9-8-14-31(42-2)33(26)43-3/h4-18H,19-23H2,1-3H3,(H,36,40)(H,38,39). The number of hydrogen-bond acceptors (Lipinski definition) is 5. The summed E-state index contributed by atoms with van der Waals surface area (Å²) in [4.78, 5) is 40.4. The van der Waals surface area contributed by atoms with Gasteiger partial charge in [0.2, 0.25) is 0 Å². The molecule has 0 aliphatic rings. The van der Waals surface area contributed by atoms with Crippen molar-refractivity contribution in [3.8, 4) is 22.6 Å². The first-order valence-corrected chi connectivity index (χ1v) is 14.1. The number of methoxy groups -OCH3 is 2. The number of aryl methyl sites for hydroxylation is 1. The predicted molar refractivity (Wildman–Crippen MR) is 166 cm³/mol. The van der Waals surface area contributed by atoms with Crippen LogP contribution in [-0.4, -0.2) is 55.1 Å². The smallest absolute Gasteiger partial charge is 0.305 e. The van der Waals surface area contributed by atoms with E-state index in [2.05, 4.69) is 5.32 Å². The molecule has 0 saturated heterocycles. The van der Waals surface area contributed by atoms with Crippen molar-refractivity contribution in [2.45, 2.75) is 26.3 Å². The van der Waals surface area contributed by atoms with Gasteiger partial charge in [0.25, 0.3) is 11.8 Å². The molecule has 0 atom stereocenters. The number of aliphatic carboxylic acids is 1. The van der Waals surface area contributed by atoms with Crippen LogP contribution in [0.15, 0.2) is 91.0 Å². The Kier molecular flexibility index (Phi) is 10.5. The topological polar surface area (TPSA) is 105 Å². The number of para-hydroxylation sites is 1. The molecule has 2 amide bonds. The molecule has 4 aromatic carbocycles. The number of benzene rings is 4. The van der Waals surface area contributed by atoms with Gasteiger partial charge in [-0.3, -0.25) is 14.4 Å². The fraction of sp³-hybridized carbons (Fsp3) is 0.229. The molecule has 0 aliphatic heterocycles. The van der Waals surface area contributed by atoms with Crippen molar-refractivity contribution in [3.63, 3.8) is 0 Å². The number of amides is 2. The van der Waals surface area contributed by atoms with Crippen molar-refractivity contribution in [1.82, 2.24) is 10.2 Å². The van der Waals surface area contributed by atoms with E-state index < -0.39 is 5.97 Å². The molecule has 8 nitrogen and oxygen atoms in total. The van der Waals surface area contributed by atoms with Crippen LogP contribution < -0.4 is 14.8 Å². The first-order valence-electron chi connectivity index (χ1n) is 14.1. The van der Waals surface area contributed by atoms with Crippen molar-refractivity contribution in [2.75, 3.05) is 27.3 Å². The maximum Gasteiger partial charge on any atom is 0.305 e. The van der Waals surface area contributed by atoms with Gasteiger partial charge in [-0.1, -0.05) is 78.4 Å². The number of carbonyl (C=O) groups excluding carboxylic acids is 2. The molecule has 0 saturated carbocycles. The Morgan fingerprint density at radius 1 is 0.767 bits per heavy atom. The zero-order valence-electron chi connectivity index (χ0n) is 24.6. The molecule has 4 aromatic rings. The molecule has 8 heteroatoms. The molecule has 0 aliphatic carbocycles. The number of ether oxygens (including phenoxy) is 2. The Bertz CT molecular complexity index is 1580. The summed E-state index contributed by atoms with van der Waals surface area (Å²) in [7, 11) is 3.11. The Morgan fingerprint density at radius 3 is 2.07 bits per heavy atom. The van der Waals surface area contributed by atoms with Crippen LogP contribution in [0.4, 0.5) is 0 Å². The van der Waals surface area contributed by atoms with Gasteiger partial charge >= 0.3 is 5.97 Å². The second kappa shape index (κ2) is 14.7. The summed E-state index contributed by atoms with van der Waals surface area (Å²) in [6.45, 7) is 2.65. The summed E-state index contributed by atoms with van der Waals surface area (Å²) < 4.78 is 11.0. The van der Waals surface area contributed by atoms with E-state index in [1.807, 2.05) is 61.5 Å². The largest absolute Gasteiger partial charge is 0.493 e. The SMILES string of the molecule is COc1cccc(CCN(CCC(=O)O)C(=O)c2ccccc2-c2ccccc2C(=O)NCc2ccc(C)cc2)c1OC. The van der Waals surface area contributed by atoms with Gasteiger partial charge < -0.3 is 24.8 Å². The van der Waals surface area contributed by atoms with Crippen molar-refractivity contribution in [3.05, 3.63) is 119 Å². The van der Waals surface area contributed by atoms with Crippen LogP contribution in [0, 0.1) is 6.92 Å². The molecule has 0 spiro atoms. The van der Waals surface area contributed by atoms with E-state index >= 15 is 0 Å². The molecule has 0 heterocycles. The highest BCUT2D eigenvalue weighted by atomic mass is 16.5. The second-order valence-electron chi connectivity index (χ2n) is 10.1. The Morgan fingerprint density at radius 2 is 1.42 bits per heavy atom. The number of nitrogens with zero attached hydrogens (tertiary/aromatic N) is 1. The first kappa shape index (κ1) is 30.8. The Balaban J connectivity index is 1.62. The molecule has 0 aromatic heterocycles. The summed E-state index contributed by atoms with van der Waals surface area (Å²) in [5, 5.41) is 12.4. The summed E-state index contributed by atoms with van der Waals surface area (Å²) >= 11 is 0. The third kappa shape index (κ3) is 7.80. The zero-order valence-corrected chi connectivity index (χ0v) is 24.6. The molecule has 0 fully saturated rings. The van der Waals surface area contributed by atoms with Gasteiger partial charge in [0.05, 0.1) is 20.6 Å². The van der Waals surface area contributed by atoms with Crippen molar-refractivity contribution in [2.24, 2.45) is 0 Å². The minimum atomic E-state index is -0.999. The average Bonchev–Trinajstić information content (AvgIpc) is 3.03. The Hall–Kier alpha value is -5.11. The van der Waals surface area contributed by atoms with Gasteiger partial charge in [0, 0.05) is 30.8 Å². The van der Waals surface area contributed by atoms with Crippen LogP contribution in [0.2, 0.25) is 0 Å². The minimum absolute atomic E-state index is 0.0213. The van der Waals surface area contributed by atoms with E-state index in [4.69, 9.17) is 9.47 Å². The lowest BCUT2D eigenvalue weighted by molar-refractivity contribution is -0.137. The summed E-state index contributed by atoms with van der Waals surface area (Å²) in [5.74, 6) is -0.437. The van der Waals surface area contributed by atoms with E-state index in [9.17, 15) is 19.5 Å². The molecular weight excluding hydrogens is 544 g/mol. The van der Waals surface area contributed by atoms with E-state index in [0.717, 1.165) is 16.7 Å².